The molecule has 49 heavy (non-hydrogen) atoms. The van der Waals surface area contributed by atoms with Gasteiger partial charge in [-0.15, -0.1) is 0 Å². The zero-order valence-electron chi connectivity index (χ0n) is 24.8. The van der Waals surface area contributed by atoms with E-state index in [-0.39, 0.29) is 37.0 Å². The third kappa shape index (κ3) is 5.06. The monoisotopic (exact) mass is 722 g/mol. The predicted molar refractivity (Wildman–Crippen MR) is 171 cm³/mol. The number of amides is 2. The first-order valence-corrected chi connectivity index (χ1v) is 15.6. The van der Waals surface area contributed by atoms with Gasteiger partial charge in [-0.3, -0.25) is 24.6 Å². The molecule has 4 atom stereocenters. The molecule has 3 aromatic rings. The van der Waals surface area contributed by atoms with Gasteiger partial charge in [0.2, 0.25) is 11.8 Å². The van der Waals surface area contributed by atoms with Crippen molar-refractivity contribution in [1.82, 2.24) is 4.90 Å². The topological polar surface area (TPSA) is 122 Å². The Morgan fingerprint density at radius 3 is 2.49 bits per heavy atom. The van der Waals surface area contributed by atoms with Crippen LogP contribution in [-0.4, -0.2) is 53.8 Å². The minimum absolute atomic E-state index is 0. The molecule has 1 saturated carbocycles. The van der Waals surface area contributed by atoms with Crippen LogP contribution in [0.15, 0.2) is 48.5 Å². The summed E-state index contributed by atoms with van der Waals surface area (Å²) in [7, 11) is 0.831. The van der Waals surface area contributed by atoms with Crippen molar-refractivity contribution in [3.05, 3.63) is 96.8 Å². The van der Waals surface area contributed by atoms with E-state index >= 15 is 4.39 Å². The Morgan fingerprint density at radius 2 is 1.86 bits per heavy atom. The van der Waals surface area contributed by atoms with E-state index in [2.05, 4.69) is 10.1 Å². The maximum atomic E-state index is 16.1. The molecule has 0 aromatic heterocycles. The fraction of sp³-hybridized carbons (Fsp3) is 0.364. The molecule has 1 N–H and O–H groups in total. The van der Waals surface area contributed by atoms with Crippen molar-refractivity contribution in [1.29, 1.82) is 0 Å². The summed E-state index contributed by atoms with van der Waals surface area (Å²) >= 11 is 12.5. The van der Waals surface area contributed by atoms with Gasteiger partial charge >= 0.3 is 17.8 Å². The minimum atomic E-state index is -5.39. The Hall–Kier alpha value is -4.27. The Morgan fingerprint density at radius 1 is 1.14 bits per heavy atom. The Bertz CT molecular complexity index is 1940. The number of carbonyl (C=O) groups excluding carboxylic acids is 3. The summed E-state index contributed by atoms with van der Waals surface area (Å²) in [6.07, 6.45) is -3.77. The van der Waals surface area contributed by atoms with Crippen LogP contribution in [0.1, 0.15) is 53.2 Å². The van der Waals surface area contributed by atoms with Gasteiger partial charge in [0.05, 0.1) is 28.5 Å². The number of likely N-dealkylation sites (tertiary alicyclic amines) is 1. The second-order valence-electron chi connectivity index (χ2n) is 12.3. The lowest BCUT2D eigenvalue weighted by Gasteiger charge is -2.41. The van der Waals surface area contributed by atoms with Gasteiger partial charge < -0.3 is 15.0 Å². The van der Waals surface area contributed by atoms with Gasteiger partial charge in [0.1, 0.15) is 22.6 Å². The lowest BCUT2D eigenvalue weighted by atomic mass is 9.71. The fourth-order valence-electron chi connectivity index (χ4n) is 7.78. The molecule has 3 heterocycles. The molecule has 2 amide bonds. The molecule has 0 radical (unpaired) electrons. The Kier molecular flexibility index (Phi) is 8.44. The highest BCUT2D eigenvalue weighted by atomic mass is 35.5. The lowest BCUT2D eigenvalue weighted by molar-refractivity contribution is -0.387. The highest BCUT2D eigenvalue weighted by Gasteiger charge is 2.71. The van der Waals surface area contributed by atoms with E-state index in [9.17, 15) is 37.7 Å². The number of ether oxygens (including phenoxy) is 1. The molecule has 1 spiro atoms. The zero-order valence-corrected chi connectivity index (χ0v) is 26.3. The summed E-state index contributed by atoms with van der Waals surface area (Å²) in [5.41, 5.74) is -6.12. The molecule has 0 bridgehead atoms. The summed E-state index contributed by atoms with van der Waals surface area (Å²) in [5, 5.41) is 15.2. The van der Waals surface area contributed by atoms with Crippen LogP contribution in [0.3, 0.4) is 0 Å². The highest BCUT2D eigenvalue weighted by molar-refractivity contribution is 6.31. The second-order valence-corrected chi connectivity index (χ2v) is 13.1. The number of esters is 1. The molecule has 2 saturated heterocycles. The molecule has 7 rings (SSSR count). The van der Waals surface area contributed by atoms with Crippen molar-refractivity contribution >= 4 is 58.0 Å². The smallest absolute Gasteiger partial charge is 0.423 e. The summed E-state index contributed by atoms with van der Waals surface area (Å²) < 4.78 is 63.8. The van der Waals surface area contributed by atoms with Gasteiger partial charge in [0.15, 0.2) is 0 Å². The molecule has 3 aliphatic heterocycles. The summed E-state index contributed by atoms with van der Waals surface area (Å²) in [6, 6.07) is 9.60. The minimum Gasteiger partial charge on any atom is -0.465 e. The number of methoxy groups -OCH3 is 1. The molecule has 0 unspecified atom stereocenters. The van der Waals surface area contributed by atoms with Crippen LogP contribution in [0.25, 0.3) is 0 Å². The van der Waals surface area contributed by atoms with Crippen molar-refractivity contribution < 1.29 is 41.6 Å². The maximum Gasteiger partial charge on any atom is 0.423 e. The van der Waals surface area contributed by atoms with Crippen LogP contribution in [0.4, 0.5) is 34.6 Å². The van der Waals surface area contributed by atoms with Crippen LogP contribution in [0.2, 0.25) is 10.0 Å². The largest absolute Gasteiger partial charge is 0.465 e. The summed E-state index contributed by atoms with van der Waals surface area (Å²) in [4.78, 5) is 55.0. The van der Waals surface area contributed by atoms with E-state index in [0.717, 1.165) is 37.0 Å². The van der Waals surface area contributed by atoms with Gasteiger partial charge in [-0.1, -0.05) is 48.8 Å². The van der Waals surface area contributed by atoms with E-state index in [4.69, 9.17) is 23.2 Å². The van der Waals surface area contributed by atoms with E-state index < -0.39 is 80.6 Å². The summed E-state index contributed by atoms with van der Waals surface area (Å²) in [5.74, 6) is -6.19. The Balaban J connectivity index is 0.00000417. The van der Waals surface area contributed by atoms with Crippen molar-refractivity contribution in [2.75, 3.05) is 30.4 Å². The van der Waals surface area contributed by atoms with Crippen molar-refractivity contribution in [2.24, 2.45) is 11.8 Å². The first-order valence-electron chi connectivity index (χ1n) is 14.8. The number of anilines is 2. The number of halogens is 6. The molecule has 3 fully saturated rings. The van der Waals surface area contributed by atoms with Gasteiger partial charge in [0.25, 0.3) is 0 Å². The standard InChI is InChI=1S/C32H24Cl2F4N4O6.CH4/c1-48-29(44)17-8-10-21(27(42(46)47)25(17)32(36,37)38)40-13-22-23(28(40)43)24(16-3-2-4-19(34)26(16)35)31(41(22)12-14-5-6-14)18-9-7-15(33)11-20(18)39-30(31)45;/h2-4,7-11,14,22-24H,5-6,12-13H2,1H3,(H,39,45);1H4/t22-,23+,24-,31+;/m0./s1. The molecular formula is C33H28Cl2F4N4O6. The molecule has 1 aliphatic carbocycles. The molecular weight excluding hydrogens is 695 g/mol. The number of fused-ring (bicyclic) bond motifs is 3. The molecule has 16 heteroatoms. The third-order valence-corrected chi connectivity index (χ3v) is 10.3. The second kappa shape index (κ2) is 12.0. The normalized spacial score (nSPS) is 24.5. The molecule has 10 nitrogen and oxygen atoms in total. The van der Waals surface area contributed by atoms with Crippen LogP contribution >= 0.6 is 23.2 Å². The van der Waals surface area contributed by atoms with Crippen LogP contribution in [0.5, 0.6) is 0 Å². The summed E-state index contributed by atoms with van der Waals surface area (Å²) in [6.45, 7) is -0.101. The predicted octanol–water partition coefficient (Wildman–Crippen LogP) is 7.17. The molecule has 4 aliphatic rings. The average Bonchev–Trinajstić information content (AvgIpc) is 3.65. The average molecular weight is 724 g/mol. The fourth-order valence-corrected chi connectivity index (χ4v) is 8.14. The molecule has 258 valence electrons. The number of nitrogens with zero attached hydrogens (tertiary/aromatic N) is 3. The number of nitrogens with one attached hydrogen (secondary N) is 1. The van der Waals surface area contributed by atoms with Crippen molar-refractivity contribution in [3.8, 4) is 0 Å². The van der Waals surface area contributed by atoms with Crippen molar-refractivity contribution in [2.45, 2.75) is 43.9 Å². The SMILES string of the molecule is C.COC(=O)c1ccc(N2C[C@H]3[C@@H](C2=O)[C@H](c2cccc(Cl)c2F)[C@]2(C(=O)Nc4cc(Cl)ccc42)N3CC2CC2)c([N+](=O)[O-])c1C(F)(F)F. The van der Waals surface area contributed by atoms with E-state index in [1.165, 1.54) is 24.3 Å². The van der Waals surface area contributed by atoms with Crippen LogP contribution in [-0.2, 0) is 26.0 Å². The Labute approximate surface area is 287 Å². The zero-order chi connectivity index (χ0) is 34.4. The maximum absolute atomic E-state index is 16.1. The number of carbonyl (C=O) groups is 3. The highest BCUT2D eigenvalue weighted by Crippen LogP contribution is 2.63. The van der Waals surface area contributed by atoms with Crippen LogP contribution < -0.4 is 10.2 Å². The first kappa shape index (κ1) is 34.6. The number of hydrogen-bond acceptors (Lipinski definition) is 7. The van der Waals surface area contributed by atoms with Gasteiger partial charge in [-0.25, -0.2) is 9.18 Å². The van der Waals surface area contributed by atoms with Crippen molar-refractivity contribution in [3.63, 3.8) is 0 Å². The van der Waals surface area contributed by atoms with Crippen LogP contribution in [0, 0.1) is 27.8 Å². The van der Waals surface area contributed by atoms with Gasteiger partial charge in [-0.2, -0.15) is 13.2 Å². The third-order valence-electron chi connectivity index (χ3n) is 9.77. The number of rotatable bonds is 6. The van der Waals surface area contributed by atoms with E-state index in [1.807, 2.05) is 0 Å². The molecule has 3 aromatic carbocycles. The number of benzene rings is 3. The van der Waals surface area contributed by atoms with E-state index in [1.54, 1.807) is 17.0 Å². The number of alkyl halides is 3. The number of hydrogen-bond donors (Lipinski definition) is 1. The number of nitro groups is 1. The van der Waals surface area contributed by atoms with Gasteiger partial charge in [-0.05, 0) is 54.7 Å². The quantitative estimate of drug-likeness (QED) is 0.124. The number of nitro benzene ring substituents is 1. The first-order chi connectivity index (χ1) is 22.7. The van der Waals surface area contributed by atoms with E-state index in [0.29, 0.717) is 16.3 Å². The van der Waals surface area contributed by atoms with Gasteiger partial charge in [0, 0.05) is 41.3 Å². The lowest BCUT2D eigenvalue weighted by Crippen LogP contribution is -2.54.